The Kier molecular flexibility index (Phi) is 6.41. The molecule has 1 amide bonds. The summed E-state index contributed by atoms with van der Waals surface area (Å²) in [5.41, 5.74) is 18.2. The molecule has 0 unspecified atom stereocenters. The van der Waals surface area contributed by atoms with Gasteiger partial charge in [-0.15, -0.1) is 0 Å². The van der Waals surface area contributed by atoms with E-state index in [0.29, 0.717) is 17.1 Å². The number of carbonyl (C=O) groups is 1. The Morgan fingerprint density at radius 3 is 2.46 bits per heavy atom. The Balaban J connectivity index is 1.38. The van der Waals surface area contributed by atoms with E-state index in [1.165, 1.54) is 0 Å². The highest BCUT2D eigenvalue weighted by atomic mass is 16.1. The fourth-order valence-electron chi connectivity index (χ4n) is 4.45. The predicted octanol–water partition coefficient (Wildman–Crippen LogP) is 4.57. The van der Waals surface area contributed by atoms with E-state index >= 15 is 0 Å². The monoisotopic (exact) mass is 464 g/mol. The van der Waals surface area contributed by atoms with Gasteiger partial charge in [-0.2, -0.15) is 0 Å². The van der Waals surface area contributed by atoms with Crippen LogP contribution < -0.4 is 21.7 Å². The van der Waals surface area contributed by atoms with Gasteiger partial charge in [-0.3, -0.25) is 9.78 Å². The number of anilines is 3. The van der Waals surface area contributed by atoms with Crippen LogP contribution in [0.3, 0.4) is 0 Å². The first-order valence-electron chi connectivity index (χ1n) is 11.8. The van der Waals surface area contributed by atoms with Crippen molar-refractivity contribution in [1.29, 1.82) is 0 Å². The number of carbonyl (C=O) groups excluding carboxylic acids is 1. The van der Waals surface area contributed by atoms with Crippen LogP contribution in [0.15, 0.2) is 85.2 Å². The maximum absolute atomic E-state index is 13.2. The molecule has 0 spiro atoms. The van der Waals surface area contributed by atoms with Gasteiger partial charge in [-0.1, -0.05) is 54.6 Å². The number of nitrogen functional groups attached to an aromatic ring is 1. The summed E-state index contributed by atoms with van der Waals surface area (Å²) in [5, 5.41) is 2.96. The van der Waals surface area contributed by atoms with E-state index < -0.39 is 0 Å². The SMILES string of the molecule is Nc1ccc(-c2ccc(-c3ccccc3)cc2)nc1C(=O)Nc1cnccc1N1CCC[C@H](N)C1. The number of nitrogens with zero attached hydrogens (tertiary/aromatic N) is 3. The zero-order chi connectivity index (χ0) is 24.2. The second-order valence-electron chi connectivity index (χ2n) is 8.77. The minimum absolute atomic E-state index is 0.114. The van der Waals surface area contributed by atoms with E-state index in [1.807, 2.05) is 54.6 Å². The van der Waals surface area contributed by atoms with Gasteiger partial charge in [0.2, 0.25) is 0 Å². The zero-order valence-electron chi connectivity index (χ0n) is 19.4. The Hall–Kier alpha value is -4.23. The lowest BCUT2D eigenvalue weighted by molar-refractivity contribution is 0.102. The highest BCUT2D eigenvalue weighted by Crippen LogP contribution is 2.29. The average Bonchev–Trinajstić information content (AvgIpc) is 2.90. The standard InChI is InChI=1S/C28H28N6O/c29-22-7-4-16-34(18-22)26-14-15-31-17-25(26)33-28(35)27-23(30)12-13-24(32-27)21-10-8-20(9-11-21)19-5-2-1-3-6-19/h1-3,5-6,8-15,17,22H,4,7,16,18,29-30H2,(H,33,35)/t22-/m0/s1. The molecule has 5 N–H and O–H groups in total. The van der Waals surface area contributed by atoms with Crippen LogP contribution in [0.1, 0.15) is 23.3 Å². The lowest BCUT2D eigenvalue weighted by atomic mass is 10.0. The van der Waals surface area contributed by atoms with Gasteiger partial charge < -0.3 is 21.7 Å². The number of benzene rings is 2. The van der Waals surface area contributed by atoms with Gasteiger partial charge in [0.05, 0.1) is 29.0 Å². The second kappa shape index (κ2) is 9.95. The molecular weight excluding hydrogens is 436 g/mol. The molecule has 0 radical (unpaired) electrons. The van der Waals surface area contributed by atoms with Gasteiger partial charge in [0.1, 0.15) is 0 Å². The summed E-state index contributed by atoms with van der Waals surface area (Å²) in [6.45, 7) is 1.62. The van der Waals surface area contributed by atoms with Crippen molar-refractivity contribution in [2.24, 2.45) is 5.73 Å². The van der Waals surface area contributed by atoms with Crippen LogP contribution in [0.5, 0.6) is 0 Å². The number of hydrogen-bond donors (Lipinski definition) is 3. The van der Waals surface area contributed by atoms with Crippen molar-refractivity contribution in [2.75, 3.05) is 29.0 Å². The molecule has 0 saturated carbocycles. The average molecular weight is 465 g/mol. The first kappa shape index (κ1) is 22.6. The molecule has 3 heterocycles. The van der Waals surface area contributed by atoms with Crippen LogP contribution in [-0.2, 0) is 0 Å². The number of nitrogens with two attached hydrogens (primary N) is 2. The van der Waals surface area contributed by atoms with Gasteiger partial charge in [-0.25, -0.2) is 4.98 Å². The summed E-state index contributed by atoms with van der Waals surface area (Å²) in [6.07, 6.45) is 5.38. The molecule has 0 bridgehead atoms. The molecule has 1 atom stereocenters. The predicted molar refractivity (Wildman–Crippen MR) is 141 cm³/mol. The third-order valence-electron chi connectivity index (χ3n) is 6.27. The number of pyridine rings is 2. The van der Waals surface area contributed by atoms with E-state index in [2.05, 4.69) is 32.3 Å². The maximum Gasteiger partial charge on any atom is 0.276 e. The number of nitrogens with one attached hydrogen (secondary N) is 1. The molecular formula is C28H28N6O. The quantitative estimate of drug-likeness (QED) is 0.399. The number of aromatic nitrogens is 2. The van der Waals surface area contributed by atoms with Crippen LogP contribution in [0.25, 0.3) is 22.4 Å². The van der Waals surface area contributed by atoms with E-state index in [1.54, 1.807) is 18.5 Å². The third-order valence-corrected chi connectivity index (χ3v) is 6.27. The molecule has 5 rings (SSSR count). The van der Waals surface area contributed by atoms with Crippen molar-refractivity contribution in [3.8, 4) is 22.4 Å². The van der Waals surface area contributed by atoms with Crippen molar-refractivity contribution < 1.29 is 4.79 Å². The normalized spacial score (nSPS) is 15.6. The van der Waals surface area contributed by atoms with Crippen LogP contribution in [0, 0.1) is 0 Å². The largest absolute Gasteiger partial charge is 0.397 e. The minimum Gasteiger partial charge on any atom is -0.397 e. The van der Waals surface area contributed by atoms with Gasteiger partial charge in [0.15, 0.2) is 5.69 Å². The van der Waals surface area contributed by atoms with Crippen LogP contribution in [-0.4, -0.2) is 35.0 Å². The molecule has 1 aliphatic rings. The molecule has 7 nitrogen and oxygen atoms in total. The van der Waals surface area contributed by atoms with E-state index in [0.717, 1.165) is 48.3 Å². The molecule has 2 aromatic carbocycles. The van der Waals surface area contributed by atoms with E-state index in [4.69, 9.17) is 11.5 Å². The minimum atomic E-state index is -0.374. The fraction of sp³-hybridized carbons (Fsp3) is 0.179. The highest BCUT2D eigenvalue weighted by Gasteiger charge is 2.21. The van der Waals surface area contributed by atoms with Crippen molar-refractivity contribution in [1.82, 2.24) is 9.97 Å². The van der Waals surface area contributed by atoms with E-state index in [-0.39, 0.29) is 17.6 Å². The Labute approximate surface area is 204 Å². The van der Waals surface area contributed by atoms with Gasteiger partial charge in [-0.05, 0) is 42.2 Å². The summed E-state index contributed by atoms with van der Waals surface area (Å²) in [7, 11) is 0. The Bertz CT molecular complexity index is 1320. The Morgan fingerprint density at radius 2 is 1.69 bits per heavy atom. The lowest BCUT2D eigenvalue weighted by Crippen LogP contribution is -2.43. The van der Waals surface area contributed by atoms with Gasteiger partial charge >= 0.3 is 0 Å². The van der Waals surface area contributed by atoms with Crippen LogP contribution in [0.2, 0.25) is 0 Å². The zero-order valence-corrected chi connectivity index (χ0v) is 19.4. The van der Waals surface area contributed by atoms with Crippen LogP contribution >= 0.6 is 0 Å². The first-order valence-corrected chi connectivity index (χ1v) is 11.8. The van der Waals surface area contributed by atoms with Gasteiger partial charge in [0, 0.05) is 30.9 Å². The van der Waals surface area contributed by atoms with Crippen LogP contribution in [0.4, 0.5) is 17.1 Å². The lowest BCUT2D eigenvalue weighted by Gasteiger charge is -2.33. The number of hydrogen-bond acceptors (Lipinski definition) is 6. The summed E-state index contributed by atoms with van der Waals surface area (Å²) in [5.74, 6) is -0.374. The number of piperidine rings is 1. The molecule has 4 aromatic rings. The molecule has 1 saturated heterocycles. The van der Waals surface area contributed by atoms with Crippen molar-refractivity contribution in [3.05, 3.63) is 90.9 Å². The Morgan fingerprint density at radius 1 is 0.943 bits per heavy atom. The number of rotatable bonds is 5. The van der Waals surface area contributed by atoms with Crippen molar-refractivity contribution in [3.63, 3.8) is 0 Å². The molecule has 0 aliphatic carbocycles. The summed E-state index contributed by atoms with van der Waals surface area (Å²) >= 11 is 0. The summed E-state index contributed by atoms with van der Waals surface area (Å²) in [4.78, 5) is 24.2. The van der Waals surface area contributed by atoms with Crippen molar-refractivity contribution in [2.45, 2.75) is 18.9 Å². The third kappa shape index (κ3) is 5.00. The fourth-order valence-corrected chi connectivity index (χ4v) is 4.45. The molecule has 35 heavy (non-hydrogen) atoms. The summed E-state index contributed by atoms with van der Waals surface area (Å²) < 4.78 is 0. The van der Waals surface area contributed by atoms with Gasteiger partial charge in [0.25, 0.3) is 5.91 Å². The smallest absolute Gasteiger partial charge is 0.276 e. The topological polar surface area (TPSA) is 110 Å². The molecule has 176 valence electrons. The summed E-state index contributed by atoms with van der Waals surface area (Å²) in [6, 6.07) is 23.8. The number of amides is 1. The molecule has 2 aromatic heterocycles. The molecule has 1 aliphatic heterocycles. The molecule has 7 heteroatoms. The first-order chi connectivity index (χ1) is 17.1. The maximum atomic E-state index is 13.2. The van der Waals surface area contributed by atoms with E-state index in [9.17, 15) is 4.79 Å². The molecule has 1 fully saturated rings. The highest BCUT2D eigenvalue weighted by molar-refractivity contribution is 6.08. The second-order valence-corrected chi connectivity index (χ2v) is 8.77. The van der Waals surface area contributed by atoms with Crippen molar-refractivity contribution >= 4 is 23.0 Å².